The van der Waals surface area contributed by atoms with Crippen LogP contribution in [0.15, 0.2) is 18.2 Å². The molecule has 0 atom stereocenters. The Morgan fingerprint density at radius 2 is 2.05 bits per heavy atom. The quantitative estimate of drug-likeness (QED) is 0.466. The van der Waals surface area contributed by atoms with Crippen LogP contribution in [0.1, 0.15) is 31.1 Å². The van der Waals surface area contributed by atoms with Gasteiger partial charge in [0, 0.05) is 5.69 Å². The average molecular weight is 267 g/mol. The molecule has 0 heterocycles. The zero-order chi connectivity index (χ0) is 14.3. The first-order chi connectivity index (χ1) is 9.04. The zero-order valence-electron chi connectivity index (χ0n) is 11.6. The third kappa shape index (κ3) is 5.18. The van der Waals surface area contributed by atoms with Crippen molar-refractivity contribution in [2.24, 2.45) is 0 Å². The van der Waals surface area contributed by atoms with Crippen LogP contribution in [0, 0.1) is 0 Å². The van der Waals surface area contributed by atoms with Crippen LogP contribution in [0.5, 0.6) is 5.75 Å². The van der Waals surface area contributed by atoms with Gasteiger partial charge in [-0.2, -0.15) is 0 Å². The van der Waals surface area contributed by atoms with E-state index in [1.807, 2.05) is 13.8 Å². The van der Waals surface area contributed by atoms with Gasteiger partial charge >= 0.3 is 5.97 Å². The van der Waals surface area contributed by atoms with Crippen molar-refractivity contribution in [3.05, 3.63) is 23.8 Å². The molecule has 1 aromatic rings. The maximum absolute atomic E-state index is 11.8. The highest BCUT2D eigenvalue weighted by molar-refractivity contribution is 5.93. The van der Waals surface area contributed by atoms with E-state index < -0.39 is 5.97 Å². The predicted molar refractivity (Wildman–Crippen MR) is 73.4 cm³/mol. The Bertz CT molecular complexity index is 418. The second kappa shape index (κ2) is 7.63. The Kier molecular flexibility index (Phi) is 6.15. The highest BCUT2D eigenvalue weighted by Crippen LogP contribution is 2.22. The van der Waals surface area contributed by atoms with Gasteiger partial charge in [-0.3, -0.25) is 0 Å². The molecule has 19 heavy (non-hydrogen) atoms. The summed E-state index contributed by atoms with van der Waals surface area (Å²) in [5.41, 5.74) is 6.50. The fraction of sp³-hybridized carbons (Fsp3) is 0.500. The molecule has 5 nitrogen and oxygen atoms in total. The predicted octanol–water partition coefficient (Wildman–Crippen LogP) is 2.25. The Morgan fingerprint density at radius 1 is 1.32 bits per heavy atom. The molecule has 0 unspecified atom stereocenters. The molecular weight excluding hydrogens is 246 g/mol. The number of carbonyl (C=O) groups is 1. The van der Waals surface area contributed by atoms with Gasteiger partial charge in [0.25, 0.3) is 0 Å². The topological polar surface area (TPSA) is 70.8 Å². The van der Waals surface area contributed by atoms with Crippen LogP contribution in [-0.4, -0.2) is 31.9 Å². The third-order valence-electron chi connectivity index (χ3n) is 2.29. The van der Waals surface area contributed by atoms with Crippen molar-refractivity contribution in [3.63, 3.8) is 0 Å². The van der Waals surface area contributed by atoms with E-state index in [-0.39, 0.29) is 6.10 Å². The van der Waals surface area contributed by atoms with Crippen molar-refractivity contribution in [2.45, 2.75) is 26.9 Å². The van der Waals surface area contributed by atoms with Crippen molar-refractivity contribution in [1.29, 1.82) is 0 Å². The summed E-state index contributed by atoms with van der Waals surface area (Å²) in [6.45, 7) is 6.80. The summed E-state index contributed by atoms with van der Waals surface area (Å²) >= 11 is 0. The monoisotopic (exact) mass is 267 g/mol. The molecule has 5 heteroatoms. The van der Waals surface area contributed by atoms with E-state index >= 15 is 0 Å². The summed E-state index contributed by atoms with van der Waals surface area (Å²) in [7, 11) is 0. The summed E-state index contributed by atoms with van der Waals surface area (Å²) in [5, 5.41) is 0. The molecule has 106 valence electrons. The van der Waals surface area contributed by atoms with Crippen LogP contribution in [0.3, 0.4) is 0 Å². The lowest BCUT2D eigenvalue weighted by Crippen LogP contribution is -2.14. The van der Waals surface area contributed by atoms with Crippen molar-refractivity contribution >= 4 is 11.7 Å². The summed E-state index contributed by atoms with van der Waals surface area (Å²) in [5.74, 6) is 0.0228. The Hall–Kier alpha value is -1.75. The second-order valence-electron chi connectivity index (χ2n) is 4.24. The van der Waals surface area contributed by atoms with Gasteiger partial charge in [-0.1, -0.05) is 0 Å². The SMILES string of the molecule is CCOC(=O)c1cc(N)ccc1OCCOC(C)C. The van der Waals surface area contributed by atoms with Gasteiger partial charge in [0.05, 0.1) is 19.3 Å². The van der Waals surface area contributed by atoms with Gasteiger partial charge < -0.3 is 19.9 Å². The molecule has 0 aliphatic carbocycles. The molecule has 0 fully saturated rings. The number of benzene rings is 1. The maximum atomic E-state index is 11.8. The molecule has 0 aliphatic heterocycles. The van der Waals surface area contributed by atoms with Gasteiger partial charge in [-0.15, -0.1) is 0 Å². The molecule has 0 bridgehead atoms. The van der Waals surface area contributed by atoms with E-state index in [0.717, 1.165) is 0 Å². The van der Waals surface area contributed by atoms with Crippen LogP contribution in [0.2, 0.25) is 0 Å². The number of hydrogen-bond acceptors (Lipinski definition) is 5. The van der Waals surface area contributed by atoms with Crippen LogP contribution in [0.25, 0.3) is 0 Å². The van der Waals surface area contributed by atoms with Gasteiger partial charge in [0.2, 0.25) is 0 Å². The highest BCUT2D eigenvalue weighted by Gasteiger charge is 2.14. The van der Waals surface area contributed by atoms with Crippen molar-refractivity contribution in [1.82, 2.24) is 0 Å². The summed E-state index contributed by atoms with van der Waals surface area (Å²) in [6.07, 6.45) is 0.152. The molecule has 2 N–H and O–H groups in total. The van der Waals surface area contributed by atoms with Crippen LogP contribution in [0.4, 0.5) is 5.69 Å². The van der Waals surface area contributed by atoms with E-state index in [1.54, 1.807) is 25.1 Å². The first-order valence-electron chi connectivity index (χ1n) is 6.35. The van der Waals surface area contributed by atoms with E-state index in [9.17, 15) is 4.79 Å². The lowest BCUT2D eigenvalue weighted by atomic mass is 10.2. The summed E-state index contributed by atoms with van der Waals surface area (Å²) < 4.78 is 15.9. The molecule has 0 radical (unpaired) electrons. The molecule has 1 rings (SSSR count). The minimum absolute atomic E-state index is 0.152. The van der Waals surface area contributed by atoms with Gasteiger partial charge in [0.1, 0.15) is 17.9 Å². The van der Waals surface area contributed by atoms with E-state index in [2.05, 4.69) is 0 Å². The normalized spacial score (nSPS) is 10.5. The van der Waals surface area contributed by atoms with E-state index in [0.29, 0.717) is 36.8 Å². The lowest BCUT2D eigenvalue weighted by molar-refractivity contribution is 0.0487. The summed E-state index contributed by atoms with van der Waals surface area (Å²) in [6, 6.07) is 4.90. The lowest BCUT2D eigenvalue weighted by Gasteiger charge is -2.12. The molecule has 0 saturated heterocycles. The Balaban J connectivity index is 2.68. The van der Waals surface area contributed by atoms with Gasteiger partial charge in [-0.05, 0) is 39.0 Å². The zero-order valence-corrected chi connectivity index (χ0v) is 11.6. The molecule has 0 saturated carbocycles. The number of carbonyl (C=O) groups excluding carboxylic acids is 1. The largest absolute Gasteiger partial charge is 0.490 e. The second-order valence-corrected chi connectivity index (χ2v) is 4.24. The average Bonchev–Trinajstić information content (AvgIpc) is 2.36. The number of nitrogen functional groups attached to an aromatic ring is 1. The fourth-order valence-corrected chi connectivity index (χ4v) is 1.48. The standard InChI is InChI=1S/C14H21NO4/c1-4-17-14(16)12-9-11(15)5-6-13(12)19-8-7-18-10(2)3/h5-6,9-10H,4,7-8,15H2,1-3H3. The smallest absolute Gasteiger partial charge is 0.341 e. The highest BCUT2D eigenvalue weighted by atomic mass is 16.5. The fourth-order valence-electron chi connectivity index (χ4n) is 1.48. The number of ether oxygens (including phenoxy) is 3. The van der Waals surface area contributed by atoms with Crippen LogP contribution >= 0.6 is 0 Å². The Morgan fingerprint density at radius 3 is 2.68 bits per heavy atom. The molecular formula is C14H21NO4. The molecule has 0 spiro atoms. The number of nitrogens with two attached hydrogens (primary N) is 1. The number of anilines is 1. The maximum Gasteiger partial charge on any atom is 0.341 e. The minimum atomic E-state index is -0.436. The van der Waals surface area contributed by atoms with Crippen LogP contribution in [-0.2, 0) is 9.47 Å². The number of hydrogen-bond donors (Lipinski definition) is 1. The van der Waals surface area contributed by atoms with E-state index in [1.165, 1.54) is 0 Å². The Labute approximate surface area is 113 Å². The first kappa shape index (κ1) is 15.3. The van der Waals surface area contributed by atoms with Crippen molar-refractivity contribution in [2.75, 3.05) is 25.6 Å². The summed E-state index contributed by atoms with van der Waals surface area (Å²) in [4.78, 5) is 11.8. The van der Waals surface area contributed by atoms with Gasteiger partial charge in [0.15, 0.2) is 0 Å². The molecule has 1 aromatic carbocycles. The van der Waals surface area contributed by atoms with E-state index in [4.69, 9.17) is 19.9 Å². The number of rotatable bonds is 7. The third-order valence-corrected chi connectivity index (χ3v) is 2.29. The number of esters is 1. The molecule has 0 aromatic heterocycles. The molecule has 0 aliphatic rings. The van der Waals surface area contributed by atoms with Crippen LogP contribution < -0.4 is 10.5 Å². The van der Waals surface area contributed by atoms with Crippen molar-refractivity contribution < 1.29 is 19.0 Å². The van der Waals surface area contributed by atoms with Gasteiger partial charge in [-0.25, -0.2) is 4.79 Å². The first-order valence-corrected chi connectivity index (χ1v) is 6.35. The minimum Gasteiger partial charge on any atom is -0.490 e. The van der Waals surface area contributed by atoms with Crippen molar-refractivity contribution in [3.8, 4) is 5.75 Å². The molecule has 0 amide bonds.